The van der Waals surface area contributed by atoms with E-state index in [-0.39, 0.29) is 25.2 Å². The predicted octanol–water partition coefficient (Wildman–Crippen LogP) is 3.53. The number of carbonyl (C=O) groups is 2. The van der Waals surface area contributed by atoms with Gasteiger partial charge in [0.05, 0.1) is 10.8 Å². The van der Waals surface area contributed by atoms with Crippen molar-refractivity contribution in [2.24, 2.45) is 22.7 Å². The number of alkyl halides is 3. The molecule has 0 radical (unpaired) electrons. The topological polar surface area (TPSA) is 86.6 Å². The summed E-state index contributed by atoms with van der Waals surface area (Å²) in [5.41, 5.74) is -3.85. The van der Waals surface area contributed by atoms with E-state index in [1.54, 1.807) is 27.7 Å². The Bertz CT molecular complexity index is 523. The molecule has 0 bridgehead atoms. The summed E-state index contributed by atoms with van der Waals surface area (Å²) < 4.78 is 41.1. The van der Waals surface area contributed by atoms with Crippen LogP contribution < -0.4 is 5.32 Å². The second-order valence-electron chi connectivity index (χ2n) is 7.57. The summed E-state index contributed by atoms with van der Waals surface area (Å²) in [6.07, 6.45) is -4.49. The van der Waals surface area contributed by atoms with E-state index in [1.165, 1.54) is 0 Å². The Balaban J connectivity index is 3.76. The normalized spacial score (nSPS) is 36.4. The van der Waals surface area contributed by atoms with Crippen molar-refractivity contribution >= 4 is 11.9 Å². The maximum atomic E-state index is 13.7. The van der Waals surface area contributed by atoms with E-state index in [4.69, 9.17) is 0 Å². The lowest BCUT2D eigenvalue weighted by atomic mass is 9.50. The molecule has 5 nitrogen and oxygen atoms in total. The van der Waals surface area contributed by atoms with Gasteiger partial charge in [-0.1, -0.05) is 27.7 Å². The molecular formula is C17H28F3NO4. The highest BCUT2D eigenvalue weighted by Gasteiger charge is 2.70. The Morgan fingerprint density at radius 3 is 1.96 bits per heavy atom. The van der Waals surface area contributed by atoms with E-state index in [0.29, 0.717) is 0 Å². The second-order valence-corrected chi connectivity index (χ2v) is 7.57. The molecule has 0 saturated carbocycles. The molecule has 0 aromatic heterocycles. The van der Waals surface area contributed by atoms with E-state index in [2.05, 4.69) is 5.32 Å². The van der Waals surface area contributed by atoms with Crippen molar-refractivity contribution in [2.75, 3.05) is 0 Å². The zero-order valence-electron chi connectivity index (χ0n) is 15.3. The number of rotatable bonds is 6. The molecule has 5 atom stereocenters. The lowest BCUT2D eigenvalue weighted by Gasteiger charge is -2.57. The van der Waals surface area contributed by atoms with E-state index < -0.39 is 46.9 Å². The molecule has 1 fully saturated rings. The molecule has 1 aliphatic heterocycles. The lowest BCUT2D eigenvalue weighted by Crippen LogP contribution is -2.74. The average Bonchev–Trinajstić information content (AvgIpc) is 2.46. The molecule has 0 amide bonds. The molecule has 0 spiro atoms. The van der Waals surface area contributed by atoms with Gasteiger partial charge in [-0.25, -0.2) is 0 Å². The number of hydrogen-bond donors (Lipinski definition) is 3. The first-order valence-corrected chi connectivity index (χ1v) is 8.59. The predicted molar refractivity (Wildman–Crippen MR) is 86.1 cm³/mol. The molecule has 1 rings (SSSR count). The Hall–Kier alpha value is -1.31. The van der Waals surface area contributed by atoms with Crippen LogP contribution in [0.5, 0.6) is 0 Å². The van der Waals surface area contributed by atoms with Crippen molar-refractivity contribution < 1.29 is 33.0 Å². The highest BCUT2D eigenvalue weighted by molar-refractivity contribution is 5.82. The molecule has 0 aliphatic carbocycles. The summed E-state index contributed by atoms with van der Waals surface area (Å²) >= 11 is 0. The van der Waals surface area contributed by atoms with E-state index in [1.807, 2.05) is 0 Å². The zero-order valence-corrected chi connectivity index (χ0v) is 15.3. The van der Waals surface area contributed by atoms with Crippen LogP contribution in [0, 0.1) is 22.7 Å². The molecular weight excluding hydrogens is 339 g/mol. The minimum atomic E-state index is -4.80. The summed E-state index contributed by atoms with van der Waals surface area (Å²) in [6.45, 7) is 7.77. The molecule has 1 heterocycles. The third kappa shape index (κ3) is 3.37. The number of aliphatic carboxylic acids is 2. The SMILES string of the molecule is CCC1NC(C(F)(F)F)C(C)(C(=O)O)C(CC(C)C)C1(CC)C(=O)O. The van der Waals surface area contributed by atoms with Crippen molar-refractivity contribution in [2.45, 2.75) is 72.1 Å². The van der Waals surface area contributed by atoms with Crippen LogP contribution in [0.2, 0.25) is 0 Å². The van der Waals surface area contributed by atoms with Crippen molar-refractivity contribution in [1.29, 1.82) is 0 Å². The molecule has 1 aliphatic rings. The Labute approximate surface area is 146 Å². The number of nitrogens with one attached hydrogen (secondary N) is 1. The largest absolute Gasteiger partial charge is 0.481 e. The molecule has 0 aromatic carbocycles. The van der Waals surface area contributed by atoms with Gasteiger partial charge in [-0.2, -0.15) is 13.2 Å². The van der Waals surface area contributed by atoms with Crippen LogP contribution in [0.25, 0.3) is 0 Å². The van der Waals surface area contributed by atoms with E-state index >= 15 is 0 Å². The fourth-order valence-corrected chi connectivity index (χ4v) is 4.56. The molecule has 3 N–H and O–H groups in total. The van der Waals surface area contributed by atoms with Crippen LogP contribution in [0.1, 0.15) is 53.9 Å². The molecule has 0 aromatic rings. The first kappa shape index (κ1) is 21.7. The van der Waals surface area contributed by atoms with E-state index in [9.17, 15) is 33.0 Å². The van der Waals surface area contributed by atoms with Gasteiger partial charge in [-0.3, -0.25) is 9.59 Å². The van der Waals surface area contributed by atoms with Crippen LogP contribution in [0.4, 0.5) is 13.2 Å². The average molecular weight is 367 g/mol. The Kier molecular flexibility index (Phi) is 6.20. The fourth-order valence-electron chi connectivity index (χ4n) is 4.56. The minimum Gasteiger partial charge on any atom is -0.481 e. The van der Waals surface area contributed by atoms with Crippen molar-refractivity contribution in [3.05, 3.63) is 0 Å². The van der Waals surface area contributed by atoms with Gasteiger partial charge < -0.3 is 15.5 Å². The quantitative estimate of drug-likeness (QED) is 0.669. The second kappa shape index (κ2) is 7.13. The van der Waals surface area contributed by atoms with Crippen LogP contribution >= 0.6 is 0 Å². The van der Waals surface area contributed by atoms with Crippen LogP contribution in [-0.2, 0) is 9.59 Å². The summed E-state index contributed by atoms with van der Waals surface area (Å²) in [6, 6.07) is -3.26. The smallest absolute Gasteiger partial charge is 0.404 e. The van der Waals surface area contributed by atoms with Crippen LogP contribution in [0.3, 0.4) is 0 Å². The third-order valence-corrected chi connectivity index (χ3v) is 5.82. The van der Waals surface area contributed by atoms with Crippen LogP contribution in [0.15, 0.2) is 0 Å². The van der Waals surface area contributed by atoms with Gasteiger partial charge >= 0.3 is 18.1 Å². The van der Waals surface area contributed by atoms with Crippen molar-refractivity contribution in [1.82, 2.24) is 5.32 Å². The van der Waals surface area contributed by atoms with Gasteiger partial charge in [0.2, 0.25) is 0 Å². The molecule has 1 saturated heterocycles. The first-order chi connectivity index (χ1) is 11.3. The third-order valence-electron chi connectivity index (χ3n) is 5.82. The molecule has 8 heteroatoms. The van der Waals surface area contributed by atoms with Gasteiger partial charge in [-0.15, -0.1) is 0 Å². The summed E-state index contributed by atoms with van der Waals surface area (Å²) in [7, 11) is 0. The zero-order chi connectivity index (χ0) is 19.8. The number of carboxylic acids is 2. The summed E-state index contributed by atoms with van der Waals surface area (Å²) in [5.74, 6) is -4.16. The first-order valence-electron chi connectivity index (χ1n) is 8.59. The van der Waals surface area contributed by atoms with Gasteiger partial charge in [0.1, 0.15) is 6.04 Å². The van der Waals surface area contributed by atoms with Gasteiger partial charge in [0.25, 0.3) is 0 Å². The number of hydrogen-bond acceptors (Lipinski definition) is 3. The Morgan fingerprint density at radius 1 is 1.16 bits per heavy atom. The number of halogens is 3. The van der Waals surface area contributed by atoms with Crippen molar-refractivity contribution in [3.63, 3.8) is 0 Å². The summed E-state index contributed by atoms with van der Waals surface area (Å²) in [4.78, 5) is 24.2. The lowest BCUT2D eigenvalue weighted by molar-refractivity contribution is -0.233. The molecule has 25 heavy (non-hydrogen) atoms. The molecule has 146 valence electrons. The maximum Gasteiger partial charge on any atom is 0.404 e. The summed E-state index contributed by atoms with van der Waals surface area (Å²) in [5, 5.41) is 22.1. The van der Waals surface area contributed by atoms with Gasteiger partial charge in [0, 0.05) is 6.04 Å². The van der Waals surface area contributed by atoms with Gasteiger partial charge in [-0.05, 0) is 38.0 Å². The van der Waals surface area contributed by atoms with E-state index in [0.717, 1.165) is 6.92 Å². The molecule has 5 unspecified atom stereocenters. The van der Waals surface area contributed by atoms with Gasteiger partial charge in [0.15, 0.2) is 0 Å². The standard InChI is InChI=1S/C17H28F3NO4/c1-6-11-16(7-2,14(24)25)10(8-9(3)4)15(5,13(22)23)12(21-11)17(18,19)20/h9-12,21H,6-8H2,1-5H3,(H,22,23)(H,24,25). The number of piperidine rings is 1. The minimum absolute atomic E-state index is 0.0542. The number of carboxylic acid groups (broad SMARTS) is 2. The monoisotopic (exact) mass is 367 g/mol. The van der Waals surface area contributed by atoms with Crippen LogP contribution in [-0.4, -0.2) is 40.4 Å². The Morgan fingerprint density at radius 2 is 1.68 bits per heavy atom. The maximum absolute atomic E-state index is 13.7. The highest BCUT2D eigenvalue weighted by atomic mass is 19.4. The fraction of sp³-hybridized carbons (Fsp3) is 0.882. The highest BCUT2D eigenvalue weighted by Crippen LogP contribution is 2.57. The van der Waals surface area contributed by atoms with Crippen molar-refractivity contribution in [3.8, 4) is 0 Å².